The number of rotatable bonds is 5. The van der Waals surface area contributed by atoms with Crippen LogP contribution in [-0.2, 0) is 0 Å². The molecule has 1 fully saturated rings. The Balaban J connectivity index is 1.78. The lowest BCUT2D eigenvalue weighted by molar-refractivity contribution is 0.340. The van der Waals surface area contributed by atoms with Gasteiger partial charge >= 0.3 is 0 Å². The van der Waals surface area contributed by atoms with Crippen LogP contribution in [0.5, 0.6) is 5.75 Å². The van der Waals surface area contributed by atoms with Gasteiger partial charge in [-0.2, -0.15) is 5.10 Å². The SMILES string of the molecule is CCOc1cccc(/C=N/NC(=S)NC2CCCCC2)c1. The van der Waals surface area contributed by atoms with Crippen LogP contribution in [0.2, 0.25) is 0 Å². The van der Waals surface area contributed by atoms with Crippen molar-refractivity contribution in [2.75, 3.05) is 6.61 Å². The van der Waals surface area contributed by atoms with Crippen LogP contribution in [0.3, 0.4) is 0 Å². The van der Waals surface area contributed by atoms with Gasteiger partial charge in [-0.15, -0.1) is 0 Å². The lowest BCUT2D eigenvalue weighted by Gasteiger charge is -2.23. The first-order valence-electron chi connectivity index (χ1n) is 7.60. The Bertz CT molecular complexity index is 484. The summed E-state index contributed by atoms with van der Waals surface area (Å²) in [7, 11) is 0. The van der Waals surface area contributed by atoms with E-state index in [1.807, 2.05) is 31.2 Å². The van der Waals surface area contributed by atoms with Gasteiger partial charge in [0.05, 0.1) is 12.8 Å². The van der Waals surface area contributed by atoms with Gasteiger partial charge in [0, 0.05) is 6.04 Å². The Hall–Kier alpha value is -1.62. The summed E-state index contributed by atoms with van der Waals surface area (Å²) >= 11 is 5.26. The fourth-order valence-electron chi connectivity index (χ4n) is 2.48. The van der Waals surface area contributed by atoms with E-state index in [9.17, 15) is 0 Å². The molecule has 0 radical (unpaired) electrons. The molecule has 0 saturated heterocycles. The van der Waals surface area contributed by atoms with Crippen molar-refractivity contribution in [3.05, 3.63) is 29.8 Å². The second kappa shape index (κ2) is 8.62. The van der Waals surface area contributed by atoms with E-state index < -0.39 is 0 Å². The second-order valence-corrected chi connectivity index (χ2v) is 5.59. The number of nitrogens with one attached hydrogen (secondary N) is 2. The average molecular weight is 305 g/mol. The highest BCUT2D eigenvalue weighted by atomic mass is 32.1. The third-order valence-electron chi connectivity index (χ3n) is 3.49. The van der Waals surface area contributed by atoms with Crippen molar-refractivity contribution >= 4 is 23.5 Å². The summed E-state index contributed by atoms with van der Waals surface area (Å²) in [5.74, 6) is 0.851. The summed E-state index contributed by atoms with van der Waals surface area (Å²) in [6.07, 6.45) is 8.05. The molecule has 1 aliphatic rings. The van der Waals surface area contributed by atoms with Crippen LogP contribution < -0.4 is 15.5 Å². The van der Waals surface area contributed by atoms with Crippen molar-refractivity contribution in [2.45, 2.75) is 45.1 Å². The minimum absolute atomic E-state index is 0.496. The third kappa shape index (κ3) is 5.71. The first-order chi connectivity index (χ1) is 10.3. The molecule has 0 amide bonds. The summed E-state index contributed by atoms with van der Waals surface area (Å²) in [6, 6.07) is 8.31. The molecule has 5 heteroatoms. The first-order valence-corrected chi connectivity index (χ1v) is 8.01. The highest BCUT2D eigenvalue weighted by Gasteiger charge is 2.13. The van der Waals surface area contributed by atoms with Crippen LogP contribution in [0.1, 0.15) is 44.6 Å². The van der Waals surface area contributed by atoms with Gasteiger partial charge in [-0.25, -0.2) is 0 Å². The Kier molecular flexibility index (Phi) is 6.47. The molecule has 0 heterocycles. The lowest BCUT2D eigenvalue weighted by atomic mass is 9.96. The molecule has 0 atom stereocenters. The van der Waals surface area contributed by atoms with Crippen molar-refractivity contribution in [1.29, 1.82) is 0 Å². The maximum atomic E-state index is 5.45. The van der Waals surface area contributed by atoms with Crippen molar-refractivity contribution in [3.63, 3.8) is 0 Å². The van der Waals surface area contributed by atoms with Crippen molar-refractivity contribution in [1.82, 2.24) is 10.7 Å². The van der Waals surface area contributed by atoms with Crippen molar-refractivity contribution in [3.8, 4) is 5.75 Å². The molecule has 114 valence electrons. The molecule has 1 aliphatic carbocycles. The van der Waals surface area contributed by atoms with E-state index in [0.717, 1.165) is 11.3 Å². The van der Waals surface area contributed by atoms with Gasteiger partial charge in [0.1, 0.15) is 5.75 Å². The fraction of sp³-hybridized carbons (Fsp3) is 0.500. The van der Waals surface area contributed by atoms with E-state index in [2.05, 4.69) is 15.8 Å². The number of ether oxygens (including phenoxy) is 1. The zero-order valence-corrected chi connectivity index (χ0v) is 13.3. The fourth-order valence-corrected chi connectivity index (χ4v) is 2.70. The van der Waals surface area contributed by atoms with E-state index in [4.69, 9.17) is 17.0 Å². The molecule has 1 saturated carbocycles. The third-order valence-corrected chi connectivity index (χ3v) is 3.70. The van der Waals surface area contributed by atoms with Crippen LogP contribution in [-0.4, -0.2) is 24.0 Å². The zero-order chi connectivity index (χ0) is 14.9. The molecule has 0 bridgehead atoms. The predicted molar refractivity (Wildman–Crippen MR) is 90.9 cm³/mol. The molecule has 0 spiro atoms. The van der Waals surface area contributed by atoms with Gasteiger partial charge in [0.25, 0.3) is 0 Å². The molecule has 0 unspecified atom stereocenters. The monoisotopic (exact) mass is 305 g/mol. The summed E-state index contributed by atoms with van der Waals surface area (Å²) in [5.41, 5.74) is 3.86. The van der Waals surface area contributed by atoms with Crippen LogP contribution in [0.4, 0.5) is 0 Å². The van der Waals surface area contributed by atoms with Gasteiger partial charge in [0.2, 0.25) is 0 Å². The summed E-state index contributed by atoms with van der Waals surface area (Å²) < 4.78 is 5.45. The Morgan fingerprint density at radius 3 is 2.95 bits per heavy atom. The van der Waals surface area contributed by atoms with Crippen LogP contribution in [0.15, 0.2) is 29.4 Å². The summed E-state index contributed by atoms with van der Waals surface area (Å²) in [6.45, 7) is 2.63. The van der Waals surface area contributed by atoms with Crippen LogP contribution in [0.25, 0.3) is 0 Å². The van der Waals surface area contributed by atoms with E-state index in [-0.39, 0.29) is 0 Å². The molecule has 4 nitrogen and oxygen atoms in total. The number of thiocarbonyl (C=S) groups is 1. The highest BCUT2D eigenvalue weighted by Crippen LogP contribution is 2.17. The molecular formula is C16H23N3OS. The summed E-state index contributed by atoms with van der Waals surface area (Å²) in [5, 5.41) is 8.09. The second-order valence-electron chi connectivity index (χ2n) is 5.18. The van der Waals surface area contributed by atoms with Crippen LogP contribution >= 0.6 is 12.2 Å². The largest absolute Gasteiger partial charge is 0.494 e. The smallest absolute Gasteiger partial charge is 0.187 e. The van der Waals surface area contributed by atoms with Crippen molar-refractivity contribution in [2.24, 2.45) is 5.10 Å². The molecular weight excluding hydrogens is 282 g/mol. The molecule has 1 aromatic carbocycles. The topological polar surface area (TPSA) is 45.6 Å². The average Bonchev–Trinajstić information content (AvgIpc) is 2.49. The van der Waals surface area contributed by atoms with Gasteiger partial charge in [-0.3, -0.25) is 5.43 Å². The number of nitrogens with zero attached hydrogens (tertiary/aromatic N) is 1. The highest BCUT2D eigenvalue weighted by molar-refractivity contribution is 7.80. The van der Waals surface area contributed by atoms with Gasteiger partial charge in [-0.05, 0) is 49.7 Å². The van der Waals surface area contributed by atoms with Crippen molar-refractivity contribution < 1.29 is 4.74 Å². The van der Waals surface area contributed by atoms with E-state index in [0.29, 0.717) is 17.8 Å². The molecule has 1 aromatic rings. The molecule has 0 aliphatic heterocycles. The maximum Gasteiger partial charge on any atom is 0.187 e. The quantitative estimate of drug-likeness (QED) is 0.498. The number of hydrogen-bond donors (Lipinski definition) is 2. The van der Waals surface area contributed by atoms with E-state index in [1.54, 1.807) is 6.21 Å². The number of hydrogen-bond acceptors (Lipinski definition) is 3. The van der Waals surface area contributed by atoms with E-state index in [1.165, 1.54) is 32.1 Å². The van der Waals surface area contributed by atoms with Gasteiger partial charge in [0.15, 0.2) is 5.11 Å². The van der Waals surface area contributed by atoms with Crippen LogP contribution in [0, 0.1) is 0 Å². The standard InChI is InChI=1S/C16H23N3OS/c1-2-20-15-10-6-7-13(11-15)12-17-19-16(21)18-14-8-4-3-5-9-14/h6-7,10-12,14H,2-5,8-9H2,1H3,(H2,18,19,21)/b17-12+. The minimum Gasteiger partial charge on any atom is -0.494 e. The van der Waals surface area contributed by atoms with E-state index >= 15 is 0 Å². The normalized spacial score (nSPS) is 15.9. The Morgan fingerprint density at radius 1 is 1.38 bits per heavy atom. The minimum atomic E-state index is 0.496. The van der Waals surface area contributed by atoms with Gasteiger partial charge in [-0.1, -0.05) is 31.4 Å². The lowest BCUT2D eigenvalue weighted by Crippen LogP contribution is -2.40. The molecule has 0 aromatic heterocycles. The van der Waals surface area contributed by atoms with Gasteiger partial charge < -0.3 is 10.1 Å². The zero-order valence-electron chi connectivity index (χ0n) is 12.5. The predicted octanol–water partition coefficient (Wildman–Crippen LogP) is 3.22. The first kappa shape index (κ1) is 15.8. The number of benzene rings is 1. The Morgan fingerprint density at radius 2 is 2.19 bits per heavy atom. The summed E-state index contributed by atoms with van der Waals surface area (Å²) in [4.78, 5) is 0. The molecule has 2 rings (SSSR count). The Labute approximate surface area is 132 Å². The number of hydrazone groups is 1. The molecule has 21 heavy (non-hydrogen) atoms. The maximum absolute atomic E-state index is 5.45. The molecule has 2 N–H and O–H groups in total.